The predicted molar refractivity (Wildman–Crippen MR) is 111 cm³/mol. The van der Waals surface area contributed by atoms with E-state index in [9.17, 15) is 4.39 Å². The van der Waals surface area contributed by atoms with Crippen molar-refractivity contribution in [1.29, 1.82) is 5.26 Å². The first-order chi connectivity index (χ1) is 14.6. The summed E-state index contributed by atoms with van der Waals surface area (Å²) in [5, 5.41) is 15.9. The van der Waals surface area contributed by atoms with Gasteiger partial charge in [0.15, 0.2) is 5.13 Å². The standard InChI is InChI=1S/C19H19FN8OS/c1-12(15-3-2-13(20)10-22-15)24-18-25-16(26-19-23-11-14(9-21)30-19)8-17(27-18)28-4-6-29-7-5-28/h2-3,8,10-12H,4-7H2,1H3,(H2,23,24,25,26,27)/t12-/m0/s1. The maximum Gasteiger partial charge on any atom is 0.227 e. The van der Waals surface area contributed by atoms with Crippen molar-refractivity contribution >= 4 is 34.1 Å². The maximum atomic E-state index is 13.2. The third kappa shape index (κ3) is 4.79. The highest BCUT2D eigenvalue weighted by Crippen LogP contribution is 2.26. The normalized spacial score (nSPS) is 14.8. The van der Waals surface area contributed by atoms with Gasteiger partial charge >= 0.3 is 0 Å². The third-order valence-electron chi connectivity index (χ3n) is 4.44. The molecule has 0 aliphatic carbocycles. The lowest BCUT2D eigenvalue weighted by Gasteiger charge is -2.28. The summed E-state index contributed by atoms with van der Waals surface area (Å²) < 4.78 is 18.6. The van der Waals surface area contributed by atoms with Gasteiger partial charge in [-0.2, -0.15) is 15.2 Å². The van der Waals surface area contributed by atoms with Crippen LogP contribution in [-0.2, 0) is 4.74 Å². The minimum absolute atomic E-state index is 0.233. The molecule has 3 aromatic rings. The van der Waals surface area contributed by atoms with E-state index >= 15 is 0 Å². The van der Waals surface area contributed by atoms with Crippen LogP contribution in [0.5, 0.6) is 0 Å². The highest BCUT2D eigenvalue weighted by Gasteiger charge is 2.17. The Kier molecular flexibility index (Phi) is 5.97. The molecule has 0 radical (unpaired) electrons. The molecule has 30 heavy (non-hydrogen) atoms. The zero-order chi connectivity index (χ0) is 20.9. The number of ether oxygens (including phenoxy) is 1. The van der Waals surface area contributed by atoms with Gasteiger partial charge in [-0.25, -0.2) is 9.37 Å². The number of nitrogens with zero attached hydrogens (tertiary/aromatic N) is 6. The second-order valence-electron chi connectivity index (χ2n) is 6.57. The van der Waals surface area contributed by atoms with Gasteiger partial charge in [0.1, 0.15) is 28.4 Å². The molecule has 3 aromatic heterocycles. The predicted octanol–water partition coefficient (Wildman–Crippen LogP) is 3.09. The third-order valence-corrected chi connectivity index (χ3v) is 5.26. The summed E-state index contributed by atoms with van der Waals surface area (Å²) in [4.78, 5) is 20.1. The Morgan fingerprint density at radius 1 is 1.23 bits per heavy atom. The average molecular weight is 426 g/mol. The van der Waals surface area contributed by atoms with Crippen LogP contribution in [0.1, 0.15) is 23.5 Å². The fraction of sp³-hybridized carbons (Fsp3) is 0.316. The Balaban J connectivity index is 1.60. The monoisotopic (exact) mass is 426 g/mol. The van der Waals surface area contributed by atoms with Crippen LogP contribution < -0.4 is 15.5 Å². The van der Waals surface area contributed by atoms with E-state index < -0.39 is 0 Å². The van der Waals surface area contributed by atoms with E-state index in [1.54, 1.807) is 6.07 Å². The molecule has 4 rings (SSSR count). The highest BCUT2D eigenvalue weighted by atomic mass is 32.1. The minimum atomic E-state index is -0.386. The van der Waals surface area contributed by atoms with Gasteiger partial charge in [-0.3, -0.25) is 4.98 Å². The summed E-state index contributed by atoms with van der Waals surface area (Å²) in [7, 11) is 0. The van der Waals surface area contributed by atoms with Crippen molar-refractivity contribution in [3.63, 3.8) is 0 Å². The van der Waals surface area contributed by atoms with E-state index in [1.165, 1.54) is 29.8 Å². The molecule has 0 unspecified atom stereocenters. The summed E-state index contributed by atoms with van der Waals surface area (Å²) in [5.74, 6) is 1.31. The largest absolute Gasteiger partial charge is 0.378 e. The smallest absolute Gasteiger partial charge is 0.227 e. The first-order valence-corrected chi connectivity index (χ1v) is 10.1. The number of aromatic nitrogens is 4. The molecule has 2 N–H and O–H groups in total. The van der Waals surface area contributed by atoms with Crippen LogP contribution in [0.4, 0.5) is 27.1 Å². The number of nitrogens with one attached hydrogen (secondary N) is 2. The van der Waals surface area contributed by atoms with Crippen LogP contribution in [0, 0.1) is 17.1 Å². The SMILES string of the molecule is C[C@H](Nc1nc(Nc2ncc(C#N)s2)cc(N2CCOCC2)n1)c1ccc(F)cn1. The van der Waals surface area contributed by atoms with E-state index in [1.807, 2.05) is 13.0 Å². The number of pyridine rings is 1. The van der Waals surface area contributed by atoms with E-state index in [4.69, 9.17) is 10.00 Å². The van der Waals surface area contributed by atoms with Crippen molar-refractivity contribution in [2.24, 2.45) is 0 Å². The van der Waals surface area contributed by atoms with Gasteiger partial charge in [0.05, 0.1) is 37.3 Å². The Labute approximate surface area is 176 Å². The molecule has 1 saturated heterocycles. The number of thiazole rings is 1. The van der Waals surface area contributed by atoms with Crippen molar-refractivity contribution < 1.29 is 9.13 Å². The van der Waals surface area contributed by atoms with Crippen molar-refractivity contribution in [3.05, 3.63) is 47.0 Å². The molecule has 11 heteroatoms. The molecular formula is C19H19FN8OS. The first-order valence-electron chi connectivity index (χ1n) is 9.33. The summed E-state index contributed by atoms with van der Waals surface area (Å²) in [5.41, 5.74) is 0.671. The van der Waals surface area contributed by atoms with Crippen LogP contribution in [-0.4, -0.2) is 46.2 Å². The number of nitriles is 1. The first kappa shape index (κ1) is 19.9. The molecule has 1 fully saturated rings. The second kappa shape index (κ2) is 8.98. The second-order valence-corrected chi connectivity index (χ2v) is 7.60. The number of rotatable bonds is 6. The van der Waals surface area contributed by atoms with Crippen molar-refractivity contribution in [1.82, 2.24) is 19.9 Å². The van der Waals surface area contributed by atoms with Crippen LogP contribution in [0.3, 0.4) is 0 Å². The number of hydrogen-bond acceptors (Lipinski definition) is 10. The van der Waals surface area contributed by atoms with E-state index in [2.05, 4.69) is 41.5 Å². The lowest BCUT2D eigenvalue weighted by atomic mass is 10.2. The summed E-state index contributed by atoms with van der Waals surface area (Å²) in [6.45, 7) is 4.60. The molecule has 1 aliphatic rings. The molecule has 4 heterocycles. The fourth-order valence-corrected chi connectivity index (χ4v) is 3.54. The van der Waals surface area contributed by atoms with Gasteiger partial charge in [-0.15, -0.1) is 0 Å². The topological polar surface area (TPSA) is 112 Å². The van der Waals surface area contributed by atoms with Gasteiger partial charge < -0.3 is 20.3 Å². The quantitative estimate of drug-likeness (QED) is 0.614. The number of anilines is 4. The van der Waals surface area contributed by atoms with Gasteiger partial charge in [-0.1, -0.05) is 11.3 Å². The minimum Gasteiger partial charge on any atom is -0.378 e. The van der Waals surface area contributed by atoms with E-state index in [-0.39, 0.29) is 11.9 Å². The molecule has 0 saturated carbocycles. The van der Waals surface area contributed by atoms with Crippen LogP contribution >= 0.6 is 11.3 Å². The Morgan fingerprint density at radius 2 is 2.07 bits per heavy atom. The highest BCUT2D eigenvalue weighted by molar-refractivity contribution is 7.16. The Hall–Kier alpha value is -3.36. The molecule has 1 aliphatic heterocycles. The average Bonchev–Trinajstić information content (AvgIpc) is 3.22. The van der Waals surface area contributed by atoms with E-state index in [0.717, 1.165) is 18.9 Å². The van der Waals surface area contributed by atoms with Crippen molar-refractivity contribution in [3.8, 4) is 6.07 Å². The number of morpholine rings is 1. The molecule has 154 valence electrons. The zero-order valence-electron chi connectivity index (χ0n) is 16.2. The summed E-state index contributed by atoms with van der Waals surface area (Å²) in [6.07, 6.45) is 2.69. The van der Waals surface area contributed by atoms with Crippen molar-refractivity contribution in [2.75, 3.05) is 41.8 Å². The molecule has 1 atom stereocenters. The summed E-state index contributed by atoms with van der Waals surface area (Å²) in [6, 6.07) is 6.67. The molecular weight excluding hydrogens is 407 g/mol. The van der Waals surface area contributed by atoms with E-state index in [0.29, 0.717) is 40.7 Å². The number of halogens is 1. The maximum absolute atomic E-state index is 13.2. The summed E-state index contributed by atoms with van der Waals surface area (Å²) >= 11 is 1.24. The Bertz CT molecular complexity index is 1050. The fourth-order valence-electron chi connectivity index (χ4n) is 2.92. The van der Waals surface area contributed by atoms with Crippen LogP contribution in [0.15, 0.2) is 30.6 Å². The zero-order valence-corrected chi connectivity index (χ0v) is 17.0. The van der Waals surface area contributed by atoms with Gasteiger partial charge in [0.25, 0.3) is 0 Å². The van der Waals surface area contributed by atoms with Crippen molar-refractivity contribution in [2.45, 2.75) is 13.0 Å². The van der Waals surface area contributed by atoms with Crippen LogP contribution in [0.25, 0.3) is 0 Å². The molecule has 0 amide bonds. The lowest BCUT2D eigenvalue weighted by molar-refractivity contribution is 0.122. The molecule has 0 aromatic carbocycles. The molecule has 0 bridgehead atoms. The van der Waals surface area contributed by atoms with Gasteiger partial charge in [0.2, 0.25) is 5.95 Å². The lowest BCUT2D eigenvalue weighted by Crippen LogP contribution is -2.37. The number of hydrogen-bond donors (Lipinski definition) is 2. The molecule has 9 nitrogen and oxygen atoms in total. The molecule has 0 spiro atoms. The van der Waals surface area contributed by atoms with Gasteiger partial charge in [0, 0.05) is 19.2 Å². The Morgan fingerprint density at radius 3 is 2.77 bits per heavy atom. The van der Waals surface area contributed by atoms with Gasteiger partial charge in [-0.05, 0) is 19.1 Å². The van der Waals surface area contributed by atoms with Crippen LogP contribution in [0.2, 0.25) is 0 Å².